The predicted octanol–water partition coefficient (Wildman–Crippen LogP) is 4.28. The number of nitrogens with zero attached hydrogens (tertiary/aromatic N) is 1. The van der Waals surface area contributed by atoms with Crippen LogP contribution in [0, 0.1) is 0 Å². The van der Waals surface area contributed by atoms with Gasteiger partial charge in [-0.3, -0.25) is 4.79 Å². The number of nitrogens with one attached hydrogen (secondary N) is 1. The van der Waals surface area contributed by atoms with E-state index < -0.39 is 0 Å². The van der Waals surface area contributed by atoms with Gasteiger partial charge in [0.1, 0.15) is 6.61 Å². The maximum atomic E-state index is 12.6. The average molecular weight is 403 g/mol. The van der Waals surface area contributed by atoms with Crippen molar-refractivity contribution >= 4 is 17.2 Å². The molecule has 1 saturated carbocycles. The smallest absolute Gasteiger partial charge is 0.261 e. The van der Waals surface area contributed by atoms with Gasteiger partial charge in [0.15, 0.2) is 11.5 Å². The minimum absolute atomic E-state index is 0.00964. The van der Waals surface area contributed by atoms with Crippen LogP contribution in [-0.4, -0.2) is 44.2 Å². The highest BCUT2D eigenvalue weighted by atomic mass is 32.1. The van der Waals surface area contributed by atoms with Crippen LogP contribution >= 0.6 is 11.3 Å². The number of likely N-dealkylation sites (N-methyl/N-ethyl adjacent to an activating group) is 1. The number of benzene rings is 1. The third-order valence-corrected chi connectivity index (χ3v) is 6.09. The summed E-state index contributed by atoms with van der Waals surface area (Å²) in [4.78, 5) is 15.7. The lowest BCUT2D eigenvalue weighted by Crippen LogP contribution is -2.28. The van der Waals surface area contributed by atoms with Crippen LogP contribution in [0.1, 0.15) is 53.4 Å². The molecule has 152 valence electrons. The van der Waals surface area contributed by atoms with E-state index in [4.69, 9.17) is 9.47 Å². The van der Waals surface area contributed by atoms with Gasteiger partial charge in [-0.2, -0.15) is 0 Å². The van der Waals surface area contributed by atoms with E-state index in [1.807, 2.05) is 23.6 Å². The molecule has 6 heteroatoms. The molecular formula is C22H30N2O3S. The Hall–Kier alpha value is -2.05. The Morgan fingerprint density at radius 3 is 2.68 bits per heavy atom. The van der Waals surface area contributed by atoms with Crippen LogP contribution in [0.15, 0.2) is 29.6 Å². The molecule has 0 aliphatic heterocycles. The van der Waals surface area contributed by atoms with Gasteiger partial charge in [0.2, 0.25) is 0 Å². The van der Waals surface area contributed by atoms with Crippen molar-refractivity contribution in [1.82, 2.24) is 10.2 Å². The topological polar surface area (TPSA) is 50.8 Å². The molecule has 3 rings (SSSR count). The summed E-state index contributed by atoms with van der Waals surface area (Å²) in [6.45, 7) is 8.31. The third kappa shape index (κ3) is 5.26. The Bertz CT molecular complexity index is 782. The van der Waals surface area contributed by atoms with Crippen LogP contribution in [-0.2, 0) is 6.54 Å². The highest BCUT2D eigenvalue weighted by molar-refractivity contribution is 7.12. The van der Waals surface area contributed by atoms with Crippen molar-refractivity contribution in [1.29, 1.82) is 0 Å². The van der Waals surface area contributed by atoms with Gasteiger partial charge in [-0.05, 0) is 66.6 Å². The molecule has 1 heterocycles. The molecule has 5 nitrogen and oxygen atoms in total. The second-order valence-corrected chi connectivity index (χ2v) is 7.94. The van der Waals surface area contributed by atoms with E-state index in [1.54, 1.807) is 7.11 Å². The van der Waals surface area contributed by atoms with Gasteiger partial charge in [0, 0.05) is 13.1 Å². The van der Waals surface area contributed by atoms with Gasteiger partial charge in [-0.25, -0.2) is 0 Å². The lowest BCUT2D eigenvalue weighted by Gasteiger charge is -2.19. The molecule has 0 radical (unpaired) electrons. The van der Waals surface area contributed by atoms with Gasteiger partial charge in [-0.15, -0.1) is 11.3 Å². The number of ether oxygens (including phenoxy) is 2. The van der Waals surface area contributed by atoms with Crippen molar-refractivity contribution in [3.63, 3.8) is 0 Å². The summed E-state index contributed by atoms with van der Waals surface area (Å²) in [5, 5.41) is 5.05. The summed E-state index contributed by atoms with van der Waals surface area (Å²) in [6.07, 6.45) is 2.40. The number of amides is 1. The minimum atomic E-state index is 0.00964. The van der Waals surface area contributed by atoms with E-state index >= 15 is 0 Å². The summed E-state index contributed by atoms with van der Waals surface area (Å²) in [5.41, 5.74) is 2.20. The van der Waals surface area contributed by atoms with E-state index in [2.05, 4.69) is 30.1 Å². The van der Waals surface area contributed by atoms with Gasteiger partial charge >= 0.3 is 0 Å². The quantitative estimate of drug-likeness (QED) is 0.609. The zero-order valence-electron chi connectivity index (χ0n) is 17.0. The lowest BCUT2D eigenvalue weighted by molar-refractivity contribution is 0.0954. The zero-order chi connectivity index (χ0) is 19.9. The van der Waals surface area contributed by atoms with Gasteiger partial charge in [-0.1, -0.05) is 19.9 Å². The Balaban J connectivity index is 1.55. The van der Waals surface area contributed by atoms with Crippen LogP contribution in [0.3, 0.4) is 0 Å². The van der Waals surface area contributed by atoms with Crippen LogP contribution < -0.4 is 14.8 Å². The Kier molecular flexibility index (Phi) is 7.34. The van der Waals surface area contributed by atoms with Crippen molar-refractivity contribution in [2.24, 2.45) is 0 Å². The summed E-state index contributed by atoms with van der Waals surface area (Å²) < 4.78 is 11.4. The maximum Gasteiger partial charge on any atom is 0.261 e. The summed E-state index contributed by atoms with van der Waals surface area (Å²) in [6, 6.07) is 7.92. The molecule has 1 amide bonds. The zero-order valence-corrected chi connectivity index (χ0v) is 17.8. The fourth-order valence-electron chi connectivity index (χ4n) is 3.25. The number of hydrogen-bond acceptors (Lipinski definition) is 5. The van der Waals surface area contributed by atoms with Gasteiger partial charge in [0.05, 0.1) is 12.0 Å². The van der Waals surface area contributed by atoms with E-state index in [0.717, 1.165) is 35.8 Å². The summed E-state index contributed by atoms with van der Waals surface area (Å²) >= 11 is 1.53. The van der Waals surface area contributed by atoms with Crippen LogP contribution in [0.2, 0.25) is 0 Å². The van der Waals surface area contributed by atoms with E-state index in [-0.39, 0.29) is 5.91 Å². The average Bonchev–Trinajstić information content (AvgIpc) is 3.46. The Morgan fingerprint density at radius 1 is 1.21 bits per heavy atom. The van der Waals surface area contributed by atoms with E-state index in [9.17, 15) is 4.79 Å². The largest absolute Gasteiger partial charge is 0.493 e. The maximum absolute atomic E-state index is 12.6. The second-order valence-electron chi connectivity index (χ2n) is 7.02. The molecular weight excluding hydrogens is 372 g/mol. The number of methoxy groups -OCH3 is 1. The van der Waals surface area contributed by atoms with Crippen LogP contribution in [0.5, 0.6) is 11.5 Å². The van der Waals surface area contributed by atoms with Crippen LogP contribution in [0.4, 0.5) is 0 Å². The van der Waals surface area contributed by atoms with Crippen molar-refractivity contribution in [3.05, 3.63) is 45.6 Å². The number of rotatable bonds is 11. The normalized spacial score (nSPS) is 13.6. The first-order valence-electron chi connectivity index (χ1n) is 10.0. The van der Waals surface area contributed by atoms with Crippen molar-refractivity contribution in [3.8, 4) is 11.5 Å². The van der Waals surface area contributed by atoms with Crippen molar-refractivity contribution in [2.45, 2.75) is 39.2 Å². The monoisotopic (exact) mass is 402 g/mol. The minimum Gasteiger partial charge on any atom is -0.493 e. The molecule has 0 bridgehead atoms. The molecule has 1 aliphatic rings. The molecule has 1 aromatic heterocycles. The van der Waals surface area contributed by atoms with E-state index in [0.29, 0.717) is 24.8 Å². The predicted molar refractivity (Wildman–Crippen MR) is 114 cm³/mol. The molecule has 1 aromatic carbocycles. The fourth-order valence-corrected chi connectivity index (χ4v) is 4.15. The van der Waals surface area contributed by atoms with Crippen molar-refractivity contribution < 1.29 is 14.3 Å². The number of carbonyl (C=O) groups excluding carboxylic acids is 1. The Morgan fingerprint density at radius 2 is 2.00 bits per heavy atom. The molecule has 28 heavy (non-hydrogen) atoms. The second kappa shape index (κ2) is 9.94. The molecule has 0 atom stereocenters. The molecule has 1 N–H and O–H groups in total. The fraction of sp³-hybridized carbons (Fsp3) is 0.500. The standard InChI is InChI=1S/C22H30N2O3S/c1-4-24(5-2)11-12-27-19-9-6-16(14-20(19)26-3)15-23-22(25)21-18(10-13-28-21)17-7-8-17/h6,9-10,13-14,17H,4-5,7-8,11-12,15H2,1-3H3,(H,23,25). The Labute approximate surface area is 171 Å². The molecule has 0 saturated heterocycles. The molecule has 0 spiro atoms. The lowest BCUT2D eigenvalue weighted by atomic mass is 10.1. The number of thiophene rings is 1. The highest BCUT2D eigenvalue weighted by Crippen LogP contribution is 2.43. The summed E-state index contributed by atoms with van der Waals surface area (Å²) in [7, 11) is 1.64. The van der Waals surface area contributed by atoms with E-state index in [1.165, 1.54) is 29.7 Å². The van der Waals surface area contributed by atoms with Crippen LogP contribution in [0.25, 0.3) is 0 Å². The summed E-state index contributed by atoms with van der Waals surface area (Å²) in [5.74, 6) is 2.02. The highest BCUT2D eigenvalue weighted by Gasteiger charge is 2.28. The first-order valence-corrected chi connectivity index (χ1v) is 10.9. The molecule has 1 aliphatic carbocycles. The molecule has 2 aromatic rings. The van der Waals surface area contributed by atoms with Crippen molar-refractivity contribution in [2.75, 3.05) is 33.4 Å². The molecule has 0 unspecified atom stereocenters. The first-order chi connectivity index (χ1) is 13.7. The number of hydrogen-bond donors (Lipinski definition) is 1. The van der Waals surface area contributed by atoms with Gasteiger partial charge < -0.3 is 19.7 Å². The third-order valence-electron chi connectivity index (χ3n) is 5.16. The number of carbonyl (C=O) groups is 1. The first kappa shape index (κ1) is 20.7. The van der Waals surface area contributed by atoms with Gasteiger partial charge in [0.25, 0.3) is 5.91 Å². The molecule has 1 fully saturated rings. The SMILES string of the molecule is CCN(CC)CCOc1ccc(CNC(=O)c2sccc2C2CC2)cc1OC.